The number of carbonyl (C=O) groups excluding carboxylic acids is 1. The second-order valence-electron chi connectivity index (χ2n) is 6.61. The second kappa shape index (κ2) is 7.11. The van der Waals surface area contributed by atoms with Crippen LogP contribution in [-0.4, -0.2) is 35.8 Å². The molecule has 7 nitrogen and oxygen atoms in total. The molecule has 0 saturated carbocycles. The number of pyridine rings is 2. The van der Waals surface area contributed by atoms with Crippen LogP contribution in [0.1, 0.15) is 30.0 Å². The molecule has 27 heavy (non-hydrogen) atoms. The van der Waals surface area contributed by atoms with Crippen LogP contribution >= 0.6 is 0 Å². The highest BCUT2D eigenvalue weighted by atomic mass is 16.2. The number of benzene rings is 1. The van der Waals surface area contributed by atoms with Gasteiger partial charge >= 0.3 is 0 Å². The fourth-order valence-corrected chi connectivity index (χ4v) is 3.25. The summed E-state index contributed by atoms with van der Waals surface area (Å²) in [4.78, 5) is 18.5. The number of tetrazole rings is 1. The van der Waals surface area contributed by atoms with Crippen molar-refractivity contribution in [2.45, 2.75) is 33.4 Å². The third-order valence-corrected chi connectivity index (χ3v) is 4.61. The van der Waals surface area contributed by atoms with Crippen LogP contribution in [-0.2, 0) is 17.9 Å². The third-order valence-electron chi connectivity index (χ3n) is 4.61. The number of nitrogens with zero attached hydrogens (tertiary/aromatic N) is 6. The Balaban J connectivity index is 1.76. The molecule has 136 valence electrons. The monoisotopic (exact) mass is 360 g/mol. The first kappa shape index (κ1) is 17.1. The number of hydrogen-bond acceptors (Lipinski definition) is 5. The number of carbonyl (C=O) groups is 1. The summed E-state index contributed by atoms with van der Waals surface area (Å²) in [5.41, 5.74) is 4.69. The van der Waals surface area contributed by atoms with Gasteiger partial charge in [-0.25, -0.2) is 0 Å². The fraction of sp³-hybridized carbons (Fsp3) is 0.250. The Morgan fingerprint density at radius 2 is 2.07 bits per heavy atom. The summed E-state index contributed by atoms with van der Waals surface area (Å²) in [5.74, 6) is 0.0773. The highest BCUT2D eigenvalue weighted by Crippen LogP contribution is 2.22. The van der Waals surface area contributed by atoms with Crippen molar-refractivity contribution >= 4 is 22.5 Å². The molecule has 0 atom stereocenters. The number of aromatic nitrogens is 5. The molecule has 0 bridgehead atoms. The minimum absolute atomic E-state index is 0.0773. The second-order valence-corrected chi connectivity index (χ2v) is 6.61. The molecule has 0 spiro atoms. The van der Waals surface area contributed by atoms with Gasteiger partial charge in [-0.15, -0.1) is 5.10 Å². The number of aryl methyl sites for hydroxylation is 1. The summed E-state index contributed by atoms with van der Waals surface area (Å²) in [6, 6.07) is 12.1. The minimum Gasteiger partial charge on any atom is -0.334 e. The van der Waals surface area contributed by atoms with Gasteiger partial charge in [0.15, 0.2) is 5.65 Å². The van der Waals surface area contributed by atoms with Gasteiger partial charge in [0.25, 0.3) is 0 Å². The lowest BCUT2D eigenvalue weighted by molar-refractivity contribution is -0.132. The largest absolute Gasteiger partial charge is 0.334 e. The normalized spacial score (nSPS) is 11.2. The van der Waals surface area contributed by atoms with Crippen molar-refractivity contribution in [3.8, 4) is 0 Å². The van der Waals surface area contributed by atoms with E-state index in [0.29, 0.717) is 25.2 Å². The maximum Gasteiger partial charge on any atom is 0.222 e. The molecule has 0 aliphatic carbocycles. The number of amides is 1. The van der Waals surface area contributed by atoms with Crippen molar-refractivity contribution in [1.82, 2.24) is 29.9 Å². The zero-order valence-corrected chi connectivity index (χ0v) is 15.3. The van der Waals surface area contributed by atoms with E-state index in [2.05, 4.69) is 44.8 Å². The van der Waals surface area contributed by atoms with Crippen molar-refractivity contribution < 1.29 is 4.79 Å². The van der Waals surface area contributed by atoms with Crippen molar-refractivity contribution in [2.75, 3.05) is 0 Å². The summed E-state index contributed by atoms with van der Waals surface area (Å²) in [5, 5.41) is 13.2. The lowest BCUT2D eigenvalue weighted by atomic mass is 10.1. The van der Waals surface area contributed by atoms with Crippen LogP contribution < -0.4 is 0 Å². The Hall–Kier alpha value is -3.35. The first-order chi connectivity index (χ1) is 13.2. The van der Waals surface area contributed by atoms with E-state index in [9.17, 15) is 4.79 Å². The van der Waals surface area contributed by atoms with Crippen LogP contribution in [0.15, 0.2) is 48.8 Å². The molecular formula is C20H20N6O. The van der Waals surface area contributed by atoms with Crippen LogP contribution in [0.3, 0.4) is 0 Å². The molecule has 4 rings (SSSR count). The van der Waals surface area contributed by atoms with Crippen LogP contribution in [0, 0.1) is 6.92 Å². The Bertz CT molecular complexity index is 1110. The van der Waals surface area contributed by atoms with Crippen LogP contribution in [0.2, 0.25) is 0 Å². The van der Waals surface area contributed by atoms with Gasteiger partial charge in [0, 0.05) is 42.9 Å². The molecule has 0 fully saturated rings. The summed E-state index contributed by atoms with van der Waals surface area (Å²) in [6.45, 7) is 4.85. The van der Waals surface area contributed by atoms with Crippen LogP contribution in [0.4, 0.5) is 0 Å². The SMILES string of the molecule is CCC(=O)N(Cc1cccnc1)Cc1cc2ccc(C)cc2n2nnnc12. The van der Waals surface area contributed by atoms with E-state index < -0.39 is 0 Å². The summed E-state index contributed by atoms with van der Waals surface area (Å²) < 4.78 is 1.75. The third kappa shape index (κ3) is 3.36. The Morgan fingerprint density at radius 3 is 2.85 bits per heavy atom. The van der Waals surface area contributed by atoms with Crippen molar-refractivity contribution in [3.05, 3.63) is 65.5 Å². The van der Waals surface area contributed by atoms with Crippen molar-refractivity contribution in [1.29, 1.82) is 0 Å². The van der Waals surface area contributed by atoms with E-state index in [1.165, 1.54) is 0 Å². The zero-order chi connectivity index (χ0) is 18.8. The van der Waals surface area contributed by atoms with Gasteiger partial charge in [0.1, 0.15) is 0 Å². The van der Waals surface area contributed by atoms with Crippen molar-refractivity contribution in [2.24, 2.45) is 0 Å². The van der Waals surface area contributed by atoms with Gasteiger partial charge in [0.05, 0.1) is 5.52 Å². The molecule has 3 heterocycles. The van der Waals surface area contributed by atoms with E-state index in [1.54, 1.807) is 16.9 Å². The zero-order valence-electron chi connectivity index (χ0n) is 15.3. The number of hydrogen-bond donors (Lipinski definition) is 0. The molecule has 1 aromatic carbocycles. The quantitative estimate of drug-likeness (QED) is 0.547. The van der Waals surface area contributed by atoms with Gasteiger partial charge in [-0.1, -0.05) is 25.1 Å². The molecule has 0 N–H and O–H groups in total. The maximum absolute atomic E-state index is 12.6. The van der Waals surface area contributed by atoms with Gasteiger partial charge in [-0.2, -0.15) is 4.52 Å². The van der Waals surface area contributed by atoms with E-state index >= 15 is 0 Å². The van der Waals surface area contributed by atoms with Crippen LogP contribution in [0.5, 0.6) is 0 Å². The minimum atomic E-state index is 0.0773. The van der Waals surface area contributed by atoms with Gasteiger partial charge in [0.2, 0.25) is 5.91 Å². The maximum atomic E-state index is 12.6. The molecular weight excluding hydrogens is 340 g/mol. The topological polar surface area (TPSA) is 76.3 Å². The number of fused-ring (bicyclic) bond motifs is 3. The molecule has 7 heteroatoms. The molecule has 0 radical (unpaired) electrons. The standard InChI is InChI=1S/C20H20N6O/c1-3-19(27)25(12-15-5-4-8-21-11-15)13-17-10-16-7-6-14(2)9-18(16)26-20(17)22-23-24-26/h4-11H,3,12-13H2,1-2H3. The van der Waals surface area contributed by atoms with Gasteiger partial charge in [-0.05, 0) is 46.7 Å². The molecule has 1 amide bonds. The van der Waals surface area contributed by atoms with E-state index in [1.807, 2.05) is 30.9 Å². The molecule has 0 unspecified atom stereocenters. The van der Waals surface area contributed by atoms with Gasteiger partial charge in [-0.3, -0.25) is 9.78 Å². The van der Waals surface area contributed by atoms with E-state index in [4.69, 9.17) is 0 Å². The predicted molar refractivity (Wildman–Crippen MR) is 102 cm³/mol. The summed E-state index contributed by atoms with van der Waals surface area (Å²) >= 11 is 0. The Kier molecular flexibility index (Phi) is 4.50. The first-order valence-electron chi connectivity index (χ1n) is 8.92. The summed E-state index contributed by atoms with van der Waals surface area (Å²) in [6.07, 6.45) is 3.95. The fourth-order valence-electron chi connectivity index (χ4n) is 3.25. The molecule has 0 aliphatic rings. The molecule has 3 aromatic heterocycles. The highest BCUT2D eigenvalue weighted by molar-refractivity contribution is 5.84. The first-order valence-corrected chi connectivity index (χ1v) is 8.92. The van der Waals surface area contributed by atoms with Crippen LogP contribution in [0.25, 0.3) is 16.6 Å². The average Bonchev–Trinajstić information content (AvgIpc) is 3.18. The smallest absolute Gasteiger partial charge is 0.222 e. The molecule has 4 aromatic rings. The van der Waals surface area contributed by atoms with Crippen molar-refractivity contribution in [3.63, 3.8) is 0 Å². The Labute approximate surface area is 156 Å². The predicted octanol–water partition coefficient (Wildman–Crippen LogP) is 2.92. The Morgan fingerprint density at radius 1 is 1.19 bits per heavy atom. The lowest BCUT2D eigenvalue weighted by Crippen LogP contribution is -2.29. The molecule has 0 saturated heterocycles. The highest BCUT2D eigenvalue weighted by Gasteiger charge is 2.17. The molecule has 0 aliphatic heterocycles. The lowest BCUT2D eigenvalue weighted by Gasteiger charge is -2.22. The average molecular weight is 360 g/mol. The van der Waals surface area contributed by atoms with E-state index in [-0.39, 0.29) is 5.91 Å². The summed E-state index contributed by atoms with van der Waals surface area (Å²) in [7, 11) is 0. The van der Waals surface area contributed by atoms with Gasteiger partial charge < -0.3 is 4.90 Å². The van der Waals surface area contributed by atoms with E-state index in [0.717, 1.165) is 27.6 Å². The number of rotatable bonds is 5.